The van der Waals surface area contributed by atoms with E-state index in [0.717, 1.165) is 48.0 Å². The number of ether oxygens (including phenoxy) is 1. The van der Waals surface area contributed by atoms with Gasteiger partial charge in [0.25, 0.3) is 0 Å². The van der Waals surface area contributed by atoms with Crippen LogP contribution in [0.25, 0.3) is 0 Å². The van der Waals surface area contributed by atoms with Crippen molar-refractivity contribution in [1.29, 1.82) is 0 Å². The van der Waals surface area contributed by atoms with Crippen LogP contribution in [0.1, 0.15) is 79.2 Å². The van der Waals surface area contributed by atoms with Gasteiger partial charge >= 0.3 is 12.1 Å². The molecule has 8 nitrogen and oxygen atoms in total. The quantitative estimate of drug-likeness (QED) is 0.246. The van der Waals surface area contributed by atoms with Crippen LogP contribution in [-0.2, 0) is 27.0 Å². The first-order valence-corrected chi connectivity index (χ1v) is 12.0. The Morgan fingerprint density at radius 1 is 1.05 bits per heavy atom. The molecule has 0 atom stereocenters. The minimum atomic E-state index is -4.84. The van der Waals surface area contributed by atoms with Crippen molar-refractivity contribution in [2.45, 2.75) is 60.1 Å². The molecule has 0 saturated carbocycles. The summed E-state index contributed by atoms with van der Waals surface area (Å²) in [5, 5.41) is 8.24. The van der Waals surface area contributed by atoms with Crippen molar-refractivity contribution in [3.8, 4) is 0 Å². The van der Waals surface area contributed by atoms with Crippen LogP contribution in [0, 0.1) is 12.3 Å². The molecule has 3 rings (SSSR count). The molecule has 0 N–H and O–H groups in total. The first-order valence-electron chi connectivity index (χ1n) is 12.0. The zero-order chi connectivity index (χ0) is 27.2. The SMILES string of the molecule is CCOC(=O)c1ccc(/C(C)=N\OCC(C)(C)CO/N=C2\CCCc3ccc(C)nc32)nc1C(F)(F)F. The molecule has 200 valence electrons. The first kappa shape index (κ1) is 28.1. The summed E-state index contributed by atoms with van der Waals surface area (Å²) in [6.07, 6.45) is -2.12. The van der Waals surface area contributed by atoms with Crippen LogP contribution in [0.2, 0.25) is 0 Å². The fraction of sp³-hybridized carbons (Fsp3) is 0.500. The zero-order valence-electron chi connectivity index (χ0n) is 21.6. The highest BCUT2D eigenvalue weighted by atomic mass is 19.4. The molecule has 11 heteroatoms. The van der Waals surface area contributed by atoms with E-state index in [9.17, 15) is 18.0 Å². The van der Waals surface area contributed by atoms with Crippen molar-refractivity contribution < 1.29 is 32.4 Å². The fourth-order valence-corrected chi connectivity index (χ4v) is 3.62. The Hall–Kier alpha value is -3.50. The molecule has 0 fully saturated rings. The maximum atomic E-state index is 13.5. The second-order valence-electron chi connectivity index (χ2n) is 9.55. The highest BCUT2D eigenvalue weighted by Crippen LogP contribution is 2.31. The summed E-state index contributed by atoms with van der Waals surface area (Å²) >= 11 is 0. The van der Waals surface area contributed by atoms with Gasteiger partial charge in [-0.1, -0.05) is 30.2 Å². The predicted molar refractivity (Wildman–Crippen MR) is 132 cm³/mol. The van der Waals surface area contributed by atoms with Gasteiger partial charge in [0.15, 0.2) is 5.69 Å². The van der Waals surface area contributed by atoms with E-state index in [1.807, 2.05) is 26.8 Å². The number of alkyl halides is 3. The Bertz CT molecular complexity index is 1190. The summed E-state index contributed by atoms with van der Waals surface area (Å²) in [6, 6.07) is 6.35. The second-order valence-corrected chi connectivity index (χ2v) is 9.55. The number of aromatic nitrogens is 2. The largest absolute Gasteiger partial charge is 0.462 e. The van der Waals surface area contributed by atoms with E-state index in [2.05, 4.69) is 26.3 Å². The number of rotatable bonds is 9. The van der Waals surface area contributed by atoms with E-state index < -0.39 is 28.8 Å². The third kappa shape index (κ3) is 7.50. The molecule has 1 aliphatic carbocycles. The van der Waals surface area contributed by atoms with Gasteiger partial charge in [-0.2, -0.15) is 13.2 Å². The van der Waals surface area contributed by atoms with Crippen molar-refractivity contribution in [2.75, 3.05) is 19.8 Å². The van der Waals surface area contributed by atoms with Gasteiger partial charge in [0, 0.05) is 11.1 Å². The average molecular weight is 521 g/mol. The summed E-state index contributed by atoms with van der Waals surface area (Å²) in [7, 11) is 0. The van der Waals surface area contributed by atoms with E-state index in [1.54, 1.807) is 0 Å². The van der Waals surface area contributed by atoms with Crippen molar-refractivity contribution in [2.24, 2.45) is 15.7 Å². The number of pyridine rings is 2. The van der Waals surface area contributed by atoms with Crippen LogP contribution in [-0.4, -0.2) is 47.2 Å². The van der Waals surface area contributed by atoms with Gasteiger partial charge in [0.2, 0.25) is 0 Å². The standard InChI is InChI=1S/C26H31F3N4O4/c1-6-35-24(34)19-12-13-20(31-23(19)26(27,28)29)17(3)32-36-14-25(4,5)15-37-33-21-9-7-8-18-11-10-16(2)30-22(18)21/h10-13H,6-9,14-15H2,1-5H3/b32-17-,33-21+. The van der Waals surface area contributed by atoms with E-state index in [1.165, 1.54) is 19.9 Å². The molecule has 0 unspecified atom stereocenters. The predicted octanol–water partition coefficient (Wildman–Crippen LogP) is 5.50. The van der Waals surface area contributed by atoms with Crippen molar-refractivity contribution in [1.82, 2.24) is 9.97 Å². The lowest BCUT2D eigenvalue weighted by atomic mass is 9.94. The number of nitrogens with zero attached hydrogens (tertiary/aromatic N) is 4. The van der Waals surface area contributed by atoms with Crippen molar-refractivity contribution in [3.63, 3.8) is 0 Å². The molecule has 0 spiro atoms. The van der Waals surface area contributed by atoms with Gasteiger partial charge in [-0.15, -0.1) is 0 Å². The van der Waals surface area contributed by atoms with Gasteiger partial charge < -0.3 is 14.4 Å². The second kappa shape index (κ2) is 11.7. The minimum absolute atomic E-state index is 0.0534. The first-order chi connectivity index (χ1) is 17.4. The third-order valence-corrected chi connectivity index (χ3v) is 5.57. The molecule has 37 heavy (non-hydrogen) atoms. The smallest absolute Gasteiger partial charge is 0.434 e. The van der Waals surface area contributed by atoms with Gasteiger partial charge in [-0.25, -0.2) is 9.78 Å². The molecule has 0 saturated heterocycles. The summed E-state index contributed by atoms with van der Waals surface area (Å²) in [5.41, 5.74) is 1.33. The molecule has 0 bridgehead atoms. The number of oxime groups is 2. The zero-order valence-corrected chi connectivity index (χ0v) is 21.6. The van der Waals surface area contributed by atoms with E-state index in [0.29, 0.717) is 0 Å². The summed E-state index contributed by atoms with van der Waals surface area (Å²) in [6.45, 7) is 9.00. The number of hydrogen-bond acceptors (Lipinski definition) is 8. The number of carbonyl (C=O) groups is 1. The Morgan fingerprint density at radius 2 is 1.78 bits per heavy atom. The molecule has 1 aliphatic rings. The van der Waals surface area contributed by atoms with Crippen LogP contribution in [0.3, 0.4) is 0 Å². The number of halogens is 3. The summed E-state index contributed by atoms with van der Waals surface area (Å²) in [4.78, 5) is 31.1. The van der Waals surface area contributed by atoms with Crippen LogP contribution in [0.5, 0.6) is 0 Å². The highest BCUT2D eigenvalue weighted by Gasteiger charge is 2.38. The molecule has 2 aromatic rings. The van der Waals surface area contributed by atoms with E-state index >= 15 is 0 Å². The van der Waals surface area contributed by atoms with Gasteiger partial charge in [-0.05, 0) is 63.8 Å². The molecule has 0 aromatic carbocycles. The molecular weight excluding hydrogens is 489 g/mol. The Balaban J connectivity index is 1.63. The van der Waals surface area contributed by atoms with Crippen LogP contribution in [0.4, 0.5) is 13.2 Å². The van der Waals surface area contributed by atoms with E-state index in [-0.39, 0.29) is 31.2 Å². The van der Waals surface area contributed by atoms with Gasteiger partial charge in [0.1, 0.15) is 24.6 Å². The van der Waals surface area contributed by atoms with Crippen LogP contribution in [0.15, 0.2) is 34.6 Å². The third-order valence-electron chi connectivity index (χ3n) is 5.57. The minimum Gasteiger partial charge on any atom is -0.462 e. The topological polar surface area (TPSA) is 95.3 Å². The Labute approximate surface area is 213 Å². The highest BCUT2D eigenvalue weighted by molar-refractivity contribution is 6.00. The average Bonchev–Trinajstić information content (AvgIpc) is 2.83. The number of carbonyl (C=O) groups excluding carboxylic acids is 1. The molecular formula is C26H31F3N4O4. The number of fused-ring (bicyclic) bond motifs is 1. The monoisotopic (exact) mass is 520 g/mol. The Morgan fingerprint density at radius 3 is 2.49 bits per heavy atom. The Kier molecular flexibility index (Phi) is 8.88. The lowest BCUT2D eigenvalue weighted by Gasteiger charge is -2.22. The number of esters is 1. The van der Waals surface area contributed by atoms with Crippen molar-refractivity contribution >= 4 is 17.4 Å². The van der Waals surface area contributed by atoms with Gasteiger partial charge in [0.05, 0.1) is 23.6 Å². The van der Waals surface area contributed by atoms with Gasteiger partial charge in [-0.3, -0.25) is 4.98 Å². The number of hydrogen-bond donors (Lipinski definition) is 0. The lowest BCUT2D eigenvalue weighted by Crippen LogP contribution is -2.25. The van der Waals surface area contributed by atoms with Crippen LogP contribution >= 0.6 is 0 Å². The van der Waals surface area contributed by atoms with E-state index in [4.69, 9.17) is 14.4 Å². The normalized spacial score (nSPS) is 15.4. The molecule has 2 aromatic heterocycles. The molecule has 0 amide bonds. The molecule has 0 aliphatic heterocycles. The maximum absolute atomic E-state index is 13.5. The fourth-order valence-electron chi connectivity index (χ4n) is 3.62. The lowest BCUT2D eigenvalue weighted by molar-refractivity contribution is -0.141. The molecule has 0 radical (unpaired) electrons. The van der Waals surface area contributed by atoms with Crippen molar-refractivity contribution in [3.05, 3.63) is 58.2 Å². The maximum Gasteiger partial charge on any atom is 0.434 e. The summed E-state index contributed by atoms with van der Waals surface area (Å²) < 4.78 is 45.2. The van der Waals surface area contributed by atoms with Crippen LogP contribution < -0.4 is 0 Å². The molecule has 2 heterocycles. The summed E-state index contributed by atoms with van der Waals surface area (Å²) in [5.74, 6) is -1.09. The number of aryl methyl sites for hydroxylation is 2.